The van der Waals surface area contributed by atoms with Gasteiger partial charge in [-0.15, -0.1) is 0 Å². The Morgan fingerprint density at radius 3 is 2.31 bits per heavy atom. The Kier molecular flexibility index (Phi) is 5.51. The molecule has 6 N–H and O–H groups in total. The molecule has 1 aliphatic carbocycles. The van der Waals surface area contributed by atoms with Crippen LogP contribution in [0, 0.1) is 5.92 Å². The van der Waals surface area contributed by atoms with Crippen LogP contribution in [0.1, 0.15) is 6.42 Å². The highest BCUT2D eigenvalue weighted by Crippen LogP contribution is 2.34. The highest BCUT2D eigenvalue weighted by Gasteiger charge is 2.47. The molecule has 0 aliphatic heterocycles. The maximum absolute atomic E-state index is 12.5. The van der Waals surface area contributed by atoms with Crippen LogP contribution in [0.25, 0.3) is 22.3 Å². The molecule has 2 unspecified atom stereocenters. The lowest BCUT2D eigenvalue weighted by Gasteiger charge is -2.38. The van der Waals surface area contributed by atoms with Gasteiger partial charge in [-0.25, -0.2) is 0 Å². The quantitative estimate of drug-likeness (QED) is 0.337. The summed E-state index contributed by atoms with van der Waals surface area (Å²) in [6.07, 6.45) is -6.52. The van der Waals surface area contributed by atoms with Gasteiger partial charge in [-0.3, -0.25) is 9.59 Å². The Morgan fingerprint density at radius 2 is 1.66 bits per heavy atom. The third kappa shape index (κ3) is 3.86. The maximum atomic E-state index is 12.5. The number of hydrogen-bond donors (Lipinski definition) is 6. The van der Waals surface area contributed by atoms with Crippen molar-refractivity contribution in [2.75, 3.05) is 0 Å². The predicted molar refractivity (Wildman–Crippen MR) is 109 cm³/mol. The first-order valence-electron chi connectivity index (χ1n) is 9.69. The molecule has 0 bridgehead atoms. The van der Waals surface area contributed by atoms with Crippen LogP contribution in [-0.2, 0) is 4.79 Å². The highest BCUT2D eigenvalue weighted by molar-refractivity contribution is 5.86. The number of aliphatic hydroxyl groups is 3. The van der Waals surface area contributed by atoms with E-state index in [1.807, 2.05) is 0 Å². The van der Waals surface area contributed by atoms with Crippen LogP contribution >= 0.6 is 0 Å². The van der Waals surface area contributed by atoms with Gasteiger partial charge < -0.3 is 39.8 Å². The molecule has 0 spiro atoms. The van der Waals surface area contributed by atoms with Gasteiger partial charge in [0.15, 0.2) is 5.43 Å². The fraction of sp³-hybridized carbons (Fsp3) is 0.273. The Labute approximate surface area is 180 Å². The lowest BCUT2D eigenvalue weighted by Crippen LogP contribution is -2.57. The summed E-state index contributed by atoms with van der Waals surface area (Å²) >= 11 is 0. The molecule has 0 radical (unpaired) electrons. The summed E-state index contributed by atoms with van der Waals surface area (Å²) in [5.74, 6) is -3.03. The number of aliphatic carboxylic acids is 1. The van der Waals surface area contributed by atoms with Crippen molar-refractivity contribution >= 4 is 16.9 Å². The van der Waals surface area contributed by atoms with Crippen molar-refractivity contribution in [2.24, 2.45) is 5.92 Å². The smallest absolute Gasteiger partial charge is 0.309 e. The van der Waals surface area contributed by atoms with Crippen molar-refractivity contribution in [3.8, 4) is 28.6 Å². The standard InChI is InChI=1S/C22H20O10/c23-10-3-1-9(2-4-10)15-8-14(25)18-13(24)5-11(6-16(18)32-15)31-17-7-12(22(29)30)19(26)21(28)20(17)27/h1-6,8,12,17,19-21,23-24,26-28H,7H2,(H,29,30)/t12?,17-,19-,20?,21+/m0/s1. The topological polar surface area (TPSA) is 178 Å². The second-order valence-corrected chi connectivity index (χ2v) is 7.65. The fourth-order valence-corrected chi connectivity index (χ4v) is 3.81. The lowest BCUT2D eigenvalue weighted by atomic mass is 9.81. The lowest BCUT2D eigenvalue weighted by molar-refractivity contribution is -0.174. The first-order chi connectivity index (χ1) is 15.2. The summed E-state index contributed by atoms with van der Waals surface area (Å²) in [5.41, 5.74) is -0.0615. The molecule has 0 amide bonds. The number of fused-ring (bicyclic) bond motifs is 1. The minimum atomic E-state index is -1.75. The molecule has 4 rings (SSSR count). The van der Waals surface area contributed by atoms with Crippen molar-refractivity contribution in [2.45, 2.75) is 30.8 Å². The van der Waals surface area contributed by atoms with Gasteiger partial charge in [0.1, 0.15) is 52.3 Å². The summed E-state index contributed by atoms with van der Waals surface area (Å²) in [6, 6.07) is 9.50. The Balaban J connectivity index is 1.71. The van der Waals surface area contributed by atoms with Gasteiger partial charge in [-0.1, -0.05) is 0 Å². The number of carbonyl (C=O) groups is 1. The predicted octanol–water partition coefficient (Wildman–Crippen LogP) is 0.806. The average Bonchev–Trinajstić information content (AvgIpc) is 2.73. The summed E-state index contributed by atoms with van der Waals surface area (Å²) < 4.78 is 11.4. The molecule has 1 aromatic heterocycles. The van der Waals surface area contributed by atoms with Gasteiger partial charge in [-0.2, -0.15) is 0 Å². The highest BCUT2D eigenvalue weighted by atomic mass is 16.5. The molecule has 1 aliphatic rings. The number of phenolic OH excluding ortho intramolecular Hbond substituents is 2. The summed E-state index contributed by atoms with van der Waals surface area (Å²) in [7, 11) is 0. The number of rotatable bonds is 4. The van der Waals surface area contributed by atoms with Crippen LogP contribution < -0.4 is 10.2 Å². The monoisotopic (exact) mass is 444 g/mol. The van der Waals surface area contributed by atoms with Gasteiger partial charge in [-0.05, 0) is 24.3 Å². The van der Waals surface area contributed by atoms with Crippen molar-refractivity contribution in [3.63, 3.8) is 0 Å². The SMILES string of the molecule is O=C(O)C1C[C@H](Oc2cc(O)c3c(=O)cc(-c4ccc(O)cc4)oc3c2)C(O)[C@H](O)[C@H]1O. The van der Waals surface area contributed by atoms with Crippen LogP contribution in [0.4, 0.5) is 0 Å². The molecular formula is C22H20O10. The molecule has 10 heteroatoms. The summed E-state index contributed by atoms with van der Waals surface area (Å²) in [5, 5.41) is 59.0. The normalized spacial score (nSPS) is 25.5. The molecule has 1 saturated carbocycles. The zero-order valence-corrected chi connectivity index (χ0v) is 16.5. The van der Waals surface area contributed by atoms with Crippen molar-refractivity contribution in [1.29, 1.82) is 0 Å². The fourth-order valence-electron chi connectivity index (χ4n) is 3.81. The number of phenols is 2. The van der Waals surface area contributed by atoms with Crippen LogP contribution in [0.3, 0.4) is 0 Å². The number of aromatic hydroxyl groups is 2. The van der Waals surface area contributed by atoms with E-state index < -0.39 is 47.5 Å². The molecule has 1 fully saturated rings. The Bertz CT molecular complexity index is 1220. The van der Waals surface area contributed by atoms with Crippen LogP contribution in [0.2, 0.25) is 0 Å². The first kappa shape index (κ1) is 21.6. The number of carboxylic acids is 1. The zero-order valence-electron chi connectivity index (χ0n) is 16.5. The van der Waals surface area contributed by atoms with E-state index in [0.717, 1.165) is 6.07 Å². The zero-order chi connectivity index (χ0) is 23.2. The van der Waals surface area contributed by atoms with Crippen LogP contribution in [-0.4, -0.2) is 61.0 Å². The van der Waals surface area contributed by atoms with E-state index in [9.17, 15) is 40.2 Å². The summed E-state index contributed by atoms with van der Waals surface area (Å²) in [4.78, 5) is 23.9. The van der Waals surface area contributed by atoms with E-state index in [2.05, 4.69) is 0 Å². The van der Waals surface area contributed by atoms with Crippen molar-refractivity contribution < 1.29 is 44.6 Å². The Hall–Kier alpha value is -3.60. The number of hydrogen-bond acceptors (Lipinski definition) is 9. The molecule has 10 nitrogen and oxygen atoms in total. The molecule has 1 heterocycles. The minimum Gasteiger partial charge on any atom is -0.508 e. The third-order valence-electron chi connectivity index (χ3n) is 5.52. The molecule has 2 aromatic carbocycles. The average molecular weight is 444 g/mol. The van der Waals surface area contributed by atoms with E-state index in [1.54, 1.807) is 0 Å². The molecule has 3 aromatic rings. The largest absolute Gasteiger partial charge is 0.508 e. The Morgan fingerprint density at radius 1 is 0.969 bits per heavy atom. The van der Waals surface area contributed by atoms with E-state index in [-0.39, 0.29) is 34.6 Å². The van der Waals surface area contributed by atoms with Crippen LogP contribution in [0.5, 0.6) is 17.2 Å². The molecule has 32 heavy (non-hydrogen) atoms. The van der Waals surface area contributed by atoms with Gasteiger partial charge in [0.25, 0.3) is 0 Å². The van der Waals surface area contributed by atoms with E-state index in [4.69, 9.17) is 9.15 Å². The van der Waals surface area contributed by atoms with Crippen molar-refractivity contribution in [3.05, 3.63) is 52.7 Å². The molecule has 0 saturated heterocycles. The number of benzene rings is 2. The van der Waals surface area contributed by atoms with Crippen LogP contribution in [0.15, 0.2) is 51.7 Å². The minimum absolute atomic E-state index is 0.0308. The van der Waals surface area contributed by atoms with Crippen molar-refractivity contribution in [1.82, 2.24) is 0 Å². The number of carboxylic acid groups (broad SMARTS) is 1. The number of aliphatic hydroxyl groups excluding tert-OH is 3. The van der Waals surface area contributed by atoms with E-state index in [1.165, 1.54) is 36.4 Å². The molecule has 5 atom stereocenters. The van der Waals surface area contributed by atoms with Gasteiger partial charge in [0.2, 0.25) is 0 Å². The number of ether oxygens (including phenoxy) is 1. The van der Waals surface area contributed by atoms with E-state index in [0.29, 0.717) is 5.56 Å². The van der Waals surface area contributed by atoms with Gasteiger partial charge in [0, 0.05) is 30.2 Å². The van der Waals surface area contributed by atoms with E-state index >= 15 is 0 Å². The third-order valence-corrected chi connectivity index (χ3v) is 5.52. The van der Waals surface area contributed by atoms with Gasteiger partial charge >= 0.3 is 5.97 Å². The molecular weight excluding hydrogens is 424 g/mol. The molecule has 168 valence electrons. The second-order valence-electron chi connectivity index (χ2n) is 7.65. The van der Waals surface area contributed by atoms with Gasteiger partial charge in [0.05, 0.1) is 12.0 Å². The summed E-state index contributed by atoms with van der Waals surface area (Å²) in [6.45, 7) is 0. The maximum Gasteiger partial charge on any atom is 0.309 e. The first-order valence-corrected chi connectivity index (χ1v) is 9.69. The second kappa shape index (κ2) is 8.15.